The van der Waals surface area contributed by atoms with Crippen molar-refractivity contribution in [2.24, 2.45) is 5.10 Å². The molecule has 3 nitrogen and oxygen atoms in total. The fourth-order valence-electron chi connectivity index (χ4n) is 1.55. The second-order valence-electron chi connectivity index (χ2n) is 4.28. The fraction of sp³-hybridized carbons (Fsp3) is 0.500. The van der Waals surface area contributed by atoms with Gasteiger partial charge in [0.05, 0.1) is 11.8 Å². The number of nitrogens with zero attached hydrogens (tertiary/aromatic N) is 1. The van der Waals surface area contributed by atoms with Crippen molar-refractivity contribution in [1.82, 2.24) is 0 Å². The van der Waals surface area contributed by atoms with Crippen LogP contribution in [0, 0.1) is 0 Å². The summed E-state index contributed by atoms with van der Waals surface area (Å²) in [6.45, 7) is 1.84. The second kappa shape index (κ2) is 8.76. The summed E-state index contributed by atoms with van der Waals surface area (Å²) in [4.78, 5) is 0. The molecule has 94 valence electrons. The molecule has 0 radical (unpaired) electrons. The summed E-state index contributed by atoms with van der Waals surface area (Å²) in [5.74, 6) is 0. The molecular formula is C14H22N2O. The van der Waals surface area contributed by atoms with Gasteiger partial charge in [-0.1, -0.05) is 31.0 Å². The van der Waals surface area contributed by atoms with Crippen molar-refractivity contribution in [3.8, 4) is 0 Å². The van der Waals surface area contributed by atoms with Crippen LogP contribution in [0.15, 0.2) is 35.4 Å². The summed E-state index contributed by atoms with van der Waals surface area (Å²) in [6.07, 6.45) is 7.02. The van der Waals surface area contributed by atoms with Crippen molar-refractivity contribution in [3.63, 3.8) is 0 Å². The minimum absolute atomic E-state index is 0.164. The van der Waals surface area contributed by atoms with E-state index in [-0.39, 0.29) is 6.10 Å². The maximum atomic E-state index is 9.08. The van der Waals surface area contributed by atoms with E-state index >= 15 is 0 Å². The highest BCUT2D eigenvalue weighted by Crippen LogP contribution is 2.06. The Morgan fingerprint density at radius 2 is 2.00 bits per heavy atom. The molecule has 1 rings (SSSR count). The molecule has 0 fully saturated rings. The van der Waals surface area contributed by atoms with E-state index in [1.165, 1.54) is 0 Å². The Balaban J connectivity index is 1.99. The van der Waals surface area contributed by atoms with Crippen LogP contribution in [0.2, 0.25) is 0 Å². The van der Waals surface area contributed by atoms with Crippen molar-refractivity contribution in [2.45, 2.75) is 45.1 Å². The molecule has 0 saturated carbocycles. The van der Waals surface area contributed by atoms with Gasteiger partial charge in [0, 0.05) is 6.21 Å². The van der Waals surface area contributed by atoms with Gasteiger partial charge in [-0.25, -0.2) is 0 Å². The summed E-state index contributed by atoms with van der Waals surface area (Å²) in [6, 6.07) is 9.92. The van der Waals surface area contributed by atoms with Gasteiger partial charge in [-0.2, -0.15) is 5.10 Å². The first-order valence-electron chi connectivity index (χ1n) is 6.29. The summed E-state index contributed by atoms with van der Waals surface area (Å²) >= 11 is 0. The first-order chi connectivity index (χ1) is 8.29. The van der Waals surface area contributed by atoms with Gasteiger partial charge in [0.15, 0.2) is 0 Å². The molecule has 0 heterocycles. The quantitative estimate of drug-likeness (QED) is 0.411. The molecule has 1 atom stereocenters. The first-order valence-corrected chi connectivity index (χ1v) is 6.29. The van der Waals surface area contributed by atoms with Crippen molar-refractivity contribution in [1.29, 1.82) is 0 Å². The van der Waals surface area contributed by atoms with E-state index in [2.05, 4.69) is 10.5 Å². The highest BCUT2D eigenvalue weighted by molar-refractivity contribution is 5.59. The van der Waals surface area contributed by atoms with Crippen LogP contribution < -0.4 is 5.43 Å². The van der Waals surface area contributed by atoms with Crippen molar-refractivity contribution in [2.75, 3.05) is 5.43 Å². The molecule has 0 aliphatic rings. The molecule has 1 unspecified atom stereocenters. The number of para-hydroxylation sites is 1. The molecule has 0 bridgehead atoms. The number of benzene rings is 1. The van der Waals surface area contributed by atoms with Gasteiger partial charge >= 0.3 is 0 Å². The van der Waals surface area contributed by atoms with Gasteiger partial charge in [-0.3, -0.25) is 5.43 Å². The lowest BCUT2D eigenvalue weighted by molar-refractivity contribution is 0.180. The number of aliphatic hydroxyl groups is 1. The van der Waals surface area contributed by atoms with E-state index in [0.717, 1.165) is 37.8 Å². The second-order valence-corrected chi connectivity index (χ2v) is 4.28. The average molecular weight is 234 g/mol. The number of rotatable bonds is 8. The third kappa shape index (κ3) is 7.53. The SMILES string of the molecule is CC(O)CCCCCC=NNc1ccccc1. The third-order valence-corrected chi connectivity index (χ3v) is 2.51. The maximum absolute atomic E-state index is 9.08. The van der Waals surface area contributed by atoms with E-state index in [4.69, 9.17) is 5.11 Å². The maximum Gasteiger partial charge on any atom is 0.0561 e. The Morgan fingerprint density at radius 1 is 1.24 bits per heavy atom. The van der Waals surface area contributed by atoms with E-state index < -0.39 is 0 Å². The lowest BCUT2D eigenvalue weighted by Gasteiger charge is -2.02. The van der Waals surface area contributed by atoms with Crippen LogP contribution in [-0.2, 0) is 0 Å². The van der Waals surface area contributed by atoms with E-state index in [1.54, 1.807) is 0 Å². The van der Waals surface area contributed by atoms with Crippen molar-refractivity contribution < 1.29 is 5.11 Å². The van der Waals surface area contributed by atoms with E-state index in [9.17, 15) is 0 Å². The van der Waals surface area contributed by atoms with Crippen LogP contribution in [0.3, 0.4) is 0 Å². The normalized spacial score (nSPS) is 12.8. The van der Waals surface area contributed by atoms with Crippen LogP contribution in [0.1, 0.15) is 39.0 Å². The zero-order chi connectivity index (χ0) is 12.3. The van der Waals surface area contributed by atoms with Gasteiger partial charge in [0.1, 0.15) is 0 Å². The van der Waals surface area contributed by atoms with Crippen LogP contribution in [0.5, 0.6) is 0 Å². The largest absolute Gasteiger partial charge is 0.393 e. The molecule has 2 N–H and O–H groups in total. The zero-order valence-electron chi connectivity index (χ0n) is 10.5. The number of nitrogens with one attached hydrogen (secondary N) is 1. The fourth-order valence-corrected chi connectivity index (χ4v) is 1.55. The number of hydrazone groups is 1. The first kappa shape index (κ1) is 13.7. The summed E-state index contributed by atoms with van der Waals surface area (Å²) in [5.41, 5.74) is 4.00. The van der Waals surface area contributed by atoms with Gasteiger partial charge in [-0.15, -0.1) is 0 Å². The van der Waals surface area contributed by atoms with Crippen LogP contribution in [-0.4, -0.2) is 17.4 Å². The smallest absolute Gasteiger partial charge is 0.0561 e. The Kier molecular flexibility index (Phi) is 7.07. The topological polar surface area (TPSA) is 44.6 Å². The Labute approximate surface area is 104 Å². The monoisotopic (exact) mass is 234 g/mol. The molecule has 0 saturated heterocycles. The van der Waals surface area contributed by atoms with Crippen LogP contribution >= 0.6 is 0 Å². The summed E-state index contributed by atoms with van der Waals surface area (Å²) < 4.78 is 0. The van der Waals surface area contributed by atoms with E-state index in [0.29, 0.717) is 0 Å². The lowest BCUT2D eigenvalue weighted by atomic mass is 10.1. The third-order valence-electron chi connectivity index (χ3n) is 2.51. The van der Waals surface area contributed by atoms with Gasteiger partial charge in [0.25, 0.3) is 0 Å². The predicted octanol–water partition coefficient (Wildman–Crippen LogP) is 3.42. The minimum atomic E-state index is -0.164. The summed E-state index contributed by atoms with van der Waals surface area (Å²) in [7, 11) is 0. The van der Waals surface area contributed by atoms with Crippen molar-refractivity contribution in [3.05, 3.63) is 30.3 Å². The number of anilines is 1. The number of unbranched alkanes of at least 4 members (excludes halogenated alkanes) is 3. The number of aliphatic hydroxyl groups excluding tert-OH is 1. The zero-order valence-corrected chi connectivity index (χ0v) is 10.5. The number of hydrogen-bond acceptors (Lipinski definition) is 3. The van der Waals surface area contributed by atoms with E-state index in [1.807, 2.05) is 43.5 Å². The number of hydrogen-bond donors (Lipinski definition) is 2. The molecule has 0 aromatic heterocycles. The highest BCUT2D eigenvalue weighted by atomic mass is 16.3. The summed E-state index contributed by atoms with van der Waals surface area (Å²) in [5, 5.41) is 13.2. The van der Waals surface area contributed by atoms with Gasteiger partial charge in [0.2, 0.25) is 0 Å². The van der Waals surface area contributed by atoms with Gasteiger partial charge < -0.3 is 5.11 Å². The van der Waals surface area contributed by atoms with Crippen LogP contribution in [0.4, 0.5) is 5.69 Å². The molecule has 0 aliphatic carbocycles. The Hall–Kier alpha value is -1.35. The molecule has 0 amide bonds. The Morgan fingerprint density at radius 3 is 2.71 bits per heavy atom. The van der Waals surface area contributed by atoms with Crippen molar-refractivity contribution >= 4 is 11.9 Å². The molecular weight excluding hydrogens is 212 g/mol. The molecule has 17 heavy (non-hydrogen) atoms. The van der Waals surface area contributed by atoms with Gasteiger partial charge in [-0.05, 0) is 38.3 Å². The van der Waals surface area contributed by atoms with Crippen LogP contribution in [0.25, 0.3) is 0 Å². The molecule has 1 aromatic rings. The average Bonchev–Trinajstić information content (AvgIpc) is 2.33. The lowest BCUT2D eigenvalue weighted by Crippen LogP contribution is -1.98. The molecule has 3 heteroatoms. The highest BCUT2D eigenvalue weighted by Gasteiger charge is 1.94. The predicted molar refractivity (Wildman–Crippen MR) is 73.3 cm³/mol. The standard InChI is InChI=1S/C14H22N2O/c1-13(17)9-5-2-3-8-12-15-16-14-10-6-4-7-11-14/h4,6-7,10-13,16-17H,2-3,5,8-9H2,1H3. The minimum Gasteiger partial charge on any atom is -0.393 e. The molecule has 0 aliphatic heterocycles. The Bertz CT molecular complexity index is 309. The molecule has 0 spiro atoms. The molecule has 1 aromatic carbocycles.